The number of primary amides is 1. The second kappa shape index (κ2) is 5.06. The number of amides is 1. The van der Waals surface area contributed by atoms with Crippen LogP contribution >= 0.6 is 0 Å². The monoisotopic (exact) mass is 223 g/mol. The van der Waals surface area contributed by atoms with Crippen LogP contribution in [0.3, 0.4) is 0 Å². The van der Waals surface area contributed by atoms with Crippen LogP contribution in [-0.2, 0) is 16.0 Å². The predicted octanol–water partition coefficient (Wildman–Crippen LogP) is 0.951. The van der Waals surface area contributed by atoms with Gasteiger partial charge in [-0.3, -0.25) is 9.59 Å². The van der Waals surface area contributed by atoms with Crippen LogP contribution in [0.1, 0.15) is 11.1 Å². The summed E-state index contributed by atoms with van der Waals surface area (Å²) >= 11 is 0. The van der Waals surface area contributed by atoms with Gasteiger partial charge in [0.25, 0.3) is 0 Å². The minimum Gasteiger partial charge on any atom is -0.481 e. The number of halogens is 1. The van der Waals surface area contributed by atoms with Crippen molar-refractivity contribution in [3.63, 3.8) is 0 Å². The van der Waals surface area contributed by atoms with E-state index in [1.54, 1.807) is 0 Å². The second-order valence-corrected chi connectivity index (χ2v) is 3.16. The molecule has 0 aromatic heterocycles. The Hall–Kier alpha value is -2.17. The minimum atomic E-state index is -1.10. The van der Waals surface area contributed by atoms with E-state index in [0.717, 1.165) is 12.1 Å². The van der Waals surface area contributed by atoms with E-state index < -0.39 is 17.7 Å². The lowest BCUT2D eigenvalue weighted by Crippen LogP contribution is -2.05. The molecule has 0 heterocycles. The number of carbonyl (C=O) groups is 2. The number of hydrogen-bond donors (Lipinski definition) is 2. The van der Waals surface area contributed by atoms with Crippen LogP contribution in [0.5, 0.6) is 0 Å². The Labute approximate surface area is 91.2 Å². The Bertz CT molecular complexity index is 455. The molecule has 0 aliphatic carbocycles. The van der Waals surface area contributed by atoms with Gasteiger partial charge in [-0.15, -0.1) is 0 Å². The molecule has 0 spiro atoms. The van der Waals surface area contributed by atoms with E-state index in [0.29, 0.717) is 5.56 Å². The average molecular weight is 223 g/mol. The van der Waals surface area contributed by atoms with Gasteiger partial charge in [-0.2, -0.15) is 0 Å². The van der Waals surface area contributed by atoms with Gasteiger partial charge in [-0.25, -0.2) is 4.39 Å². The van der Waals surface area contributed by atoms with Gasteiger partial charge in [0.1, 0.15) is 5.82 Å². The molecule has 0 atom stereocenters. The van der Waals surface area contributed by atoms with Gasteiger partial charge in [0.2, 0.25) is 5.91 Å². The Balaban J connectivity index is 2.90. The molecule has 5 heteroatoms. The number of hydrogen-bond acceptors (Lipinski definition) is 2. The summed E-state index contributed by atoms with van der Waals surface area (Å²) in [6.07, 6.45) is 2.09. The number of carboxylic acid groups (broad SMARTS) is 1. The second-order valence-electron chi connectivity index (χ2n) is 3.16. The first kappa shape index (κ1) is 11.9. The molecule has 0 radical (unpaired) electrons. The molecule has 16 heavy (non-hydrogen) atoms. The van der Waals surface area contributed by atoms with Crippen molar-refractivity contribution in [3.05, 3.63) is 41.2 Å². The first-order chi connectivity index (χ1) is 7.49. The molecule has 0 bridgehead atoms. The van der Waals surface area contributed by atoms with Gasteiger partial charge in [0.05, 0.1) is 6.42 Å². The van der Waals surface area contributed by atoms with Crippen molar-refractivity contribution in [2.24, 2.45) is 5.73 Å². The van der Waals surface area contributed by atoms with E-state index in [9.17, 15) is 14.0 Å². The third-order valence-electron chi connectivity index (χ3n) is 1.86. The Kier molecular flexibility index (Phi) is 3.77. The number of benzene rings is 1. The van der Waals surface area contributed by atoms with Crippen molar-refractivity contribution in [1.82, 2.24) is 0 Å². The number of rotatable bonds is 4. The lowest BCUT2D eigenvalue weighted by molar-refractivity contribution is -0.136. The molecule has 84 valence electrons. The van der Waals surface area contributed by atoms with Gasteiger partial charge >= 0.3 is 5.97 Å². The molecule has 1 aromatic rings. The molecule has 1 rings (SSSR count). The molecule has 3 N–H and O–H groups in total. The zero-order chi connectivity index (χ0) is 12.1. The van der Waals surface area contributed by atoms with E-state index in [4.69, 9.17) is 10.8 Å². The van der Waals surface area contributed by atoms with E-state index in [2.05, 4.69) is 0 Å². The first-order valence-electron chi connectivity index (χ1n) is 4.47. The molecule has 4 nitrogen and oxygen atoms in total. The molecule has 0 aliphatic heterocycles. The van der Waals surface area contributed by atoms with E-state index >= 15 is 0 Å². The average Bonchev–Trinajstić information content (AvgIpc) is 2.18. The summed E-state index contributed by atoms with van der Waals surface area (Å²) in [5, 5.41) is 8.49. The van der Waals surface area contributed by atoms with Crippen molar-refractivity contribution in [3.8, 4) is 0 Å². The van der Waals surface area contributed by atoms with Crippen molar-refractivity contribution in [1.29, 1.82) is 0 Å². The van der Waals surface area contributed by atoms with Crippen LogP contribution in [0.25, 0.3) is 6.08 Å². The maximum Gasteiger partial charge on any atom is 0.307 e. The quantitative estimate of drug-likeness (QED) is 0.746. The highest BCUT2D eigenvalue weighted by molar-refractivity contribution is 5.90. The number of carbonyl (C=O) groups excluding carboxylic acids is 1. The zero-order valence-corrected chi connectivity index (χ0v) is 8.31. The fourth-order valence-corrected chi connectivity index (χ4v) is 1.15. The summed E-state index contributed by atoms with van der Waals surface area (Å²) in [7, 11) is 0. The van der Waals surface area contributed by atoms with Gasteiger partial charge in [0, 0.05) is 6.08 Å². The van der Waals surface area contributed by atoms with Crippen molar-refractivity contribution >= 4 is 18.0 Å². The van der Waals surface area contributed by atoms with Crippen LogP contribution in [0, 0.1) is 5.82 Å². The SMILES string of the molecule is NC(=O)C=Cc1ccc(CC(=O)O)c(F)c1. The van der Waals surface area contributed by atoms with Gasteiger partial charge in [0.15, 0.2) is 0 Å². The molecule has 0 unspecified atom stereocenters. The molecule has 0 saturated carbocycles. The normalized spacial score (nSPS) is 10.6. The third-order valence-corrected chi connectivity index (χ3v) is 1.86. The summed E-state index contributed by atoms with van der Waals surface area (Å²) in [4.78, 5) is 20.8. The molecule has 0 saturated heterocycles. The van der Waals surface area contributed by atoms with E-state index in [1.165, 1.54) is 18.2 Å². The largest absolute Gasteiger partial charge is 0.481 e. The summed E-state index contributed by atoms with van der Waals surface area (Å²) in [5.41, 5.74) is 5.43. The molecular weight excluding hydrogens is 213 g/mol. The topological polar surface area (TPSA) is 80.4 Å². The number of aliphatic carboxylic acids is 1. The van der Waals surface area contributed by atoms with Gasteiger partial charge < -0.3 is 10.8 Å². The number of nitrogens with two attached hydrogens (primary N) is 1. The summed E-state index contributed by atoms with van der Waals surface area (Å²) in [6.45, 7) is 0. The number of carboxylic acids is 1. The molecule has 1 amide bonds. The molecule has 0 aliphatic rings. The van der Waals surface area contributed by atoms with Crippen LogP contribution in [0.4, 0.5) is 4.39 Å². The standard InChI is InChI=1S/C11H10FNO3/c12-9-5-7(2-4-10(13)14)1-3-8(9)6-11(15)16/h1-5H,6H2,(H2,13,14)(H,15,16). The third kappa shape index (κ3) is 3.53. The predicted molar refractivity (Wildman–Crippen MR) is 56.0 cm³/mol. The fraction of sp³-hybridized carbons (Fsp3) is 0.0909. The van der Waals surface area contributed by atoms with Crippen molar-refractivity contribution in [2.75, 3.05) is 0 Å². The Morgan fingerprint density at radius 1 is 1.44 bits per heavy atom. The minimum absolute atomic E-state index is 0.101. The smallest absolute Gasteiger partial charge is 0.307 e. The lowest BCUT2D eigenvalue weighted by atomic mass is 10.1. The maximum atomic E-state index is 13.3. The Morgan fingerprint density at radius 3 is 2.62 bits per heavy atom. The van der Waals surface area contributed by atoms with Crippen LogP contribution in [-0.4, -0.2) is 17.0 Å². The van der Waals surface area contributed by atoms with Gasteiger partial charge in [-0.05, 0) is 23.3 Å². The molecule has 0 fully saturated rings. The first-order valence-corrected chi connectivity index (χ1v) is 4.47. The summed E-state index contributed by atoms with van der Waals surface area (Å²) in [5.74, 6) is -2.34. The molecular formula is C11H10FNO3. The van der Waals surface area contributed by atoms with Crippen molar-refractivity contribution < 1.29 is 19.1 Å². The van der Waals surface area contributed by atoms with Crippen molar-refractivity contribution in [2.45, 2.75) is 6.42 Å². The summed E-state index contributed by atoms with van der Waals surface area (Å²) in [6, 6.07) is 4.03. The highest BCUT2D eigenvalue weighted by Gasteiger charge is 2.06. The summed E-state index contributed by atoms with van der Waals surface area (Å²) < 4.78 is 13.3. The van der Waals surface area contributed by atoms with Crippen LogP contribution in [0.15, 0.2) is 24.3 Å². The van der Waals surface area contributed by atoms with Crippen LogP contribution < -0.4 is 5.73 Å². The fourth-order valence-electron chi connectivity index (χ4n) is 1.15. The van der Waals surface area contributed by atoms with E-state index in [-0.39, 0.29) is 12.0 Å². The zero-order valence-electron chi connectivity index (χ0n) is 8.31. The highest BCUT2D eigenvalue weighted by atomic mass is 19.1. The van der Waals surface area contributed by atoms with Crippen LogP contribution in [0.2, 0.25) is 0 Å². The maximum absolute atomic E-state index is 13.3. The lowest BCUT2D eigenvalue weighted by Gasteiger charge is -2.00. The highest BCUT2D eigenvalue weighted by Crippen LogP contribution is 2.12. The van der Waals surface area contributed by atoms with Gasteiger partial charge in [-0.1, -0.05) is 12.1 Å². The van der Waals surface area contributed by atoms with E-state index in [1.807, 2.05) is 0 Å². The molecule has 1 aromatic carbocycles. The Morgan fingerprint density at radius 2 is 2.12 bits per heavy atom.